The van der Waals surface area contributed by atoms with Crippen molar-refractivity contribution in [3.63, 3.8) is 0 Å². The number of amides is 1. The predicted molar refractivity (Wildman–Crippen MR) is 106 cm³/mol. The van der Waals surface area contributed by atoms with Crippen molar-refractivity contribution >= 4 is 29.2 Å². The summed E-state index contributed by atoms with van der Waals surface area (Å²) in [6, 6.07) is 14.5. The van der Waals surface area contributed by atoms with E-state index in [1.807, 2.05) is 38.1 Å². The molecule has 3 rings (SSSR count). The number of aromatic nitrogens is 2. The summed E-state index contributed by atoms with van der Waals surface area (Å²) in [6.45, 7) is 3.87. The molecule has 2 aromatic carbocycles. The van der Waals surface area contributed by atoms with Gasteiger partial charge in [0.15, 0.2) is 5.03 Å². The lowest BCUT2D eigenvalue weighted by atomic mass is 10.1. The van der Waals surface area contributed by atoms with Crippen LogP contribution in [0.5, 0.6) is 0 Å². The molecule has 3 aromatic rings. The smallest absolute Gasteiger partial charge is 0.276 e. The van der Waals surface area contributed by atoms with Crippen molar-refractivity contribution in [1.29, 1.82) is 0 Å². The van der Waals surface area contributed by atoms with E-state index in [1.165, 1.54) is 6.33 Å². The van der Waals surface area contributed by atoms with Gasteiger partial charge >= 0.3 is 5.69 Å². The molecule has 28 heavy (non-hydrogen) atoms. The van der Waals surface area contributed by atoms with Gasteiger partial charge in [-0.15, -0.1) is 0 Å². The Bertz CT molecular complexity index is 1010. The summed E-state index contributed by atoms with van der Waals surface area (Å²) < 4.78 is 0. The van der Waals surface area contributed by atoms with Gasteiger partial charge in [-0.1, -0.05) is 47.2 Å². The van der Waals surface area contributed by atoms with E-state index in [1.54, 1.807) is 24.3 Å². The van der Waals surface area contributed by atoms with E-state index in [-0.39, 0.29) is 16.5 Å². The second-order valence-electron chi connectivity index (χ2n) is 5.99. The van der Waals surface area contributed by atoms with Crippen molar-refractivity contribution < 1.29 is 9.72 Å². The molecule has 0 fully saturated rings. The largest absolute Gasteiger partial charge is 0.345 e. The molecule has 0 bridgehead atoms. The second kappa shape index (κ2) is 8.49. The fourth-order valence-electron chi connectivity index (χ4n) is 2.30. The highest BCUT2D eigenvalue weighted by Gasteiger charge is 2.24. The van der Waals surface area contributed by atoms with Gasteiger partial charge in [-0.3, -0.25) is 25.8 Å². The Kier molecular flexibility index (Phi) is 5.85. The Labute approximate surface area is 165 Å². The molecule has 0 radical (unpaired) electrons. The number of carbonyl (C=O) groups excluding carboxylic acids is 1. The first-order valence-corrected chi connectivity index (χ1v) is 9.12. The minimum absolute atomic E-state index is 0.0879. The number of anilines is 1. The van der Waals surface area contributed by atoms with Gasteiger partial charge in [-0.05, 0) is 38.1 Å². The normalized spacial score (nSPS) is 10.4. The molecule has 1 heterocycles. The molecule has 0 aliphatic heterocycles. The van der Waals surface area contributed by atoms with Crippen molar-refractivity contribution in [2.45, 2.75) is 23.8 Å². The molecular weight excluding hydrogens is 378 g/mol. The van der Waals surface area contributed by atoms with E-state index < -0.39 is 10.8 Å². The van der Waals surface area contributed by atoms with Gasteiger partial charge in [0.05, 0.1) is 4.92 Å². The fraction of sp³-hybridized carbons (Fsp3) is 0.105. The van der Waals surface area contributed by atoms with Gasteiger partial charge < -0.3 is 0 Å². The summed E-state index contributed by atoms with van der Waals surface area (Å²) in [5, 5.41) is 11.8. The highest BCUT2D eigenvalue weighted by atomic mass is 32.2. The Morgan fingerprint density at radius 1 is 1.00 bits per heavy atom. The maximum Gasteiger partial charge on any atom is 0.345 e. The molecule has 8 nitrogen and oxygen atoms in total. The van der Waals surface area contributed by atoms with Crippen LogP contribution in [0.2, 0.25) is 0 Å². The zero-order valence-electron chi connectivity index (χ0n) is 15.2. The van der Waals surface area contributed by atoms with E-state index in [2.05, 4.69) is 20.8 Å². The van der Waals surface area contributed by atoms with E-state index in [0.29, 0.717) is 5.56 Å². The van der Waals surface area contributed by atoms with Crippen LogP contribution < -0.4 is 10.9 Å². The van der Waals surface area contributed by atoms with E-state index >= 15 is 0 Å². The third kappa shape index (κ3) is 4.63. The Morgan fingerprint density at radius 3 is 2.21 bits per heavy atom. The van der Waals surface area contributed by atoms with Crippen molar-refractivity contribution in [2.75, 3.05) is 5.43 Å². The van der Waals surface area contributed by atoms with E-state index in [0.717, 1.165) is 27.8 Å². The number of hydrogen-bond acceptors (Lipinski definition) is 7. The van der Waals surface area contributed by atoms with Crippen LogP contribution in [0, 0.1) is 24.0 Å². The lowest BCUT2D eigenvalue weighted by molar-refractivity contribution is -0.387. The molecule has 9 heteroatoms. The number of nitrogens with one attached hydrogen (secondary N) is 2. The molecule has 1 aromatic heterocycles. The van der Waals surface area contributed by atoms with Crippen LogP contribution in [-0.2, 0) is 0 Å². The molecule has 142 valence electrons. The molecule has 0 unspecified atom stereocenters. The van der Waals surface area contributed by atoms with Crippen LogP contribution in [0.15, 0.2) is 64.8 Å². The molecule has 2 N–H and O–H groups in total. The van der Waals surface area contributed by atoms with Crippen molar-refractivity contribution in [2.24, 2.45) is 0 Å². The second-order valence-corrected chi connectivity index (χ2v) is 7.06. The molecule has 0 aliphatic carbocycles. The van der Waals surface area contributed by atoms with E-state index in [9.17, 15) is 14.9 Å². The number of carbonyl (C=O) groups is 1. The zero-order chi connectivity index (χ0) is 20.1. The standard InChI is InChI=1S/C19H17N5O3S/c1-12-3-7-14(8-4-12)18(25)23-22-17-16(24(26)27)19(21-11-20-17)28-15-9-5-13(2)6-10-15/h3-11H,1-2H3,(H,23,25)(H,20,21,22). The van der Waals surface area contributed by atoms with Gasteiger partial charge in [-0.2, -0.15) is 0 Å². The average Bonchev–Trinajstić information content (AvgIpc) is 2.68. The number of nitro groups is 1. The molecular formula is C19H17N5O3S. The molecule has 0 saturated heterocycles. The molecule has 0 spiro atoms. The number of rotatable bonds is 6. The van der Waals surface area contributed by atoms with Gasteiger partial charge in [-0.25, -0.2) is 9.97 Å². The van der Waals surface area contributed by atoms with Crippen LogP contribution in [0.25, 0.3) is 0 Å². The minimum Gasteiger partial charge on any atom is -0.276 e. The first-order chi connectivity index (χ1) is 13.4. The third-order valence-corrected chi connectivity index (χ3v) is 4.81. The quantitative estimate of drug-likeness (QED) is 0.370. The van der Waals surface area contributed by atoms with Crippen molar-refractivity contribution in [3.05, 3.63) is 81.7 Å². The minimum atomic E-state index is -0.573. The van der Waals surface area contributed by atoms with Crippen molar-refractivity contribution in [1.82, 2.24) is 15.4 Å². The lowest BCUT2D eigenvalue weighted by Crippen LogP contribution is -2.30. The topological polar surface area (TPSA) is 110 Å². The summed E-state index contributed by atoms with van der Waals surface area (Å²) in [5.74, 6) is -0.518. The fourth-order valence-corrected chi connectivity index (χ4v) is 3.17. The summed E-state index contributed by atoms with van der Waals surface area (Å²) in [7, 11) is 0. The Morgan fingerprint density at radius 2 is 1.61 bits per heavy atom. The van der Waals surface area contributed by atoms with Gasteiger partial charge in [0.1, 0.15) is 6.33 Å². The van der Waals surface area contributed by atoms with Gasteiger partial charge in [0.25, 0.3) is 5.91 Å². The molecule has 1 amide bonds. The SMILES string of the molecule is Cc1ccc(Sc2ncnc(NNC(=O)c3ccc(C)cc3)c2[N+](=O)[O-])cc1. The van der Waals surface area contributed by atoms with E-state index in [4.69, 9.17) is 0 Å². The molecule has 0 saturated carbocycles. The number of nitrogens with zero attached hydrogens (tertiary/aromatic N) is 3. The third-order valence-electron chi connectivity index (χ3n) is 3.81. The number of aryl methyl sites for hydroxylation is 2. The van der Waals surface area contributed by atoms with Crippen LogP contribution in [0.1, 0.15) is 21.5 Å². The highest BCUT2D eigenvalue weighted by Crippen LogP contribution is 2.36. The Balaban J connectivity index is 1.80. The lowest BCUT2D eigenvalue weighted by Gasteiger charge is -2.10. The zero-order valence-corrected chi connectivity index (χ0v) is 16.0. The molecule has 0 atom stereocenters. The first kappa shape index (κ1) is 19.3. The molecule has 0 aliphatic rings. The highest BCUT2D eigenvalue weighted by molar-refractivity contribution is 7.99. The average molecular weight is 395 g/mol. The summed E-state index contributed by atoms with van der Waals surface area (Å²) in [4.78, 5) is 32.0. The van der Waals surface area contributed by atoms with Crippen LogP contribution >= 0.6 is 11.8 Å². The number of hydrogen-bond donors (Lipinski definition) is 2. The first-order valence-electron chi connectivity index (χ1n) is 8.31. The maximum absolute atomic E-state index is 12.2. The summed E-state index contributed by atoms with van der Waals surface area (Å²) in [5.41, 5.74) is 7.19. The summed E-state index contributed by atoms with van der Waals surface area (Å²) in [6.07, 6.45) is 1.21. The Hall–Kier alpha value is -3.46. The van der Waals surface area contributed by atoms with Crippen molar-refractivity contribution in [3.8, 4) is 0 Å². The van der Waals surface area contributed by atoms with Gasteiger partial charge in [0, 0.05) is 10.5 Å². The monoisotopic (exact) mass is 395 g/mol. The summed E-state index contributed by atoms with van der Waals surface area (Å²) >= 11 is 1.15. The number of benzene rings is 2. The number of hydrazine groups is 1. The van der Waals surface area contributed by atoms with Crippen LogP contribution in [0.3, 0.4) is 0 Å². The van der Waals surface area contributed by atoms with Gasteiger partial charge in [0.2, 0.25) is 5.82 Å². The predicted octanol–water partition coefficient (Wildman–Crippen LogP) is 3.91. The van der Waals surface area contributed by atoms with Crippen LogP contribution in [0.4, 0.5) is 11.5 Å². The maximum atomic E-state index is 12.2. The van der Waals surface area contributed by atoms with Crippen LogP contribution in [-0.4, -0.2) is 20.8 Å².